The van der Waals surface area contributed by atoms with Crippen molar-refractivity contribution in [1.29, 1.82) is 0 Å². The van der Waals surface area contributed by atoms with Crippen molar-refractivity contribution >= 4 is 41.5 Å². The van der Waals surface area contributed by atoms with Gasteiger partial charge < -0.3 is 23.7 Å². The summed E-state index contributed by atoms with van der Waals surface area (Å²) in [5, 5.41) is 4.77. The number of benzene rings is 2. The number of fused-ring (bicyclic) bond motifs is 1. The van der Waals surface area contributed by atoms with Crippen molar-refractivity contribution in [2.45, 2.75) is 110 Å². The van der Waals surface area contributed by atoms with E-state index < -0.39 is 24.2 Å². The highest BCUT2D eigenvalue weighted by atomic mass is 28.3. The van der Waals surface area contributed by atoms with Crippen molar-refractivity contribution < 1.29 is 28.5 Å². The zero-order chi connectivity index (χ0) is 37.9. The predicted octanol–water partition coefficient (Wildman–Crippen LogP) is 7.85. The minimum absolute atomic E-state index is 0.0313. The van der Waals surface area contributed by atoms with E-state index in [1.54, 1.807) is 18.2 Å². The third kappa shape index (κ3) is 9.73. The summed E-state index contributed by atoms with van der Waals surface area (Å²) in [6, 6.07) is 12.9. The Hall–Kier alpha value is -3.41. The highest BCUT2D eigenvalue weighted by Gasteiger charge is 2.28. The smallest absolute Gasteiger partial charge is 0.280 e. The van der Waals surface area contributed by atoms with Crippen LogP contribution in [0.4, 0.5) is 0 Å². The number of methoxy groups -OCH3 is 1. The number of aromatic nitrogens is 4. The lowest BCUT2D eigenvalue weighted by Gasteiger charge is -2.26. The molecule has 4 aromatic rings. The fourth-order valence-electron chi connectivity index (χ4n) is 4.82. The van der Waals surface area contributed by atoms with Crippen LogP contribution in [-0.2, 0) is 27.7 Å². The van der Waals surface area contributed by atoms with Gasteiger partial charge in [-0.1, -0.05) is 71.1 Å². The molecule has 4 rings (SSSR count). The van der Waals surface area contributed by atoms with E-state index in [-0.39, 0.29) is 54.3 Å². The minimum atomic E-state index is -1.69. The van der Waals surface area contributed by atoms with Crippen molar-refractivity contribution in [2.75, 3.05) is 13.9 Å². The lowest BCUT2D eigenvalue weighted by atomic mass is 10.0. The fraction of sp³-hybridized carbons (Fsp3) is 0.514. The van der Waals surface area contributed by atoms with Crippen molar-refractivity contribution in [3.63, 3.8) is 0 Å². The standard InChI is InChI=1S/C37H56N4O7Si3/c1-25(49(5,6)7)45-22-40-33-17-15-14-16-31(33)38-36(40)30-20-32(39-41(37(30)43)23-46-26(2)50(8,9)10)28-18-29(21-42)35(34(19-28)44-4)48-24-47-27(3)51(11,12)13/h14-21,25-27H,22-24H2,1-13H3. The maximum atomic E-state index is 14.3. The Kier molecular flexibility index (Phi) is 12.7. The number of ether oxygens (including phenoxy) is 5. The summed E-state index contributed by atoms with van der Waals surface area (Å²) in [6.07, 6.45) is 0.718. The number of rotatable bonds is 17. The Morgan fingerprint density at radius 2 is 1.39 bits per heavy atom. The largest absolute Gasteiger partial charge is 0.493 e. The average Bonchev–Trinajstić information content (AvgIpc) is 3.43. The number of hydrogen-bond donors (Lipinski definition) is 0. The van der Waals surface area contributed by atoms with Gasteiger partial charge in [-0.05, 0) is 51.1 Å². The second-order valence-corrected chi connectivity index (χ2v) is 33.0. The lowest BCUT2D eigenvalue weighted by molar-refractivity contribution is -0.00118. The zero-order valence-corrected chi connectivity index (χ0v) is 35.6. The molecule has 0 aliphatic heterocycles. The highest BCUT2D eigenvalue weighted by molar-refractivity contribution is 6.78. The molecule has 0 fully saturated rings. The SMILES string of the molecule is COc1cc(-c2cc(-c3nc4ccccc4n3COC(C)[Si](C)(C)C)c(=O)n(COC(C)[Si](C)(C)C)n2)cc(C=O)c1OCOC(C)[Si](C)(C)C. The quantitative estimate of drug-likeness (QED) is 0.0604. The topological polar surface area (TPSA) is 116 Å². The number of carbonyl (C=O) groups excluding carboxylic acids is 1. The molecule has 0 saturated carbocycles. The number of nitrogens with zero attached hydrogens (tertiary/aromatic N) is 4. The van der Waals surface area contributed by atoms with Gasteiger partial charge in [-0.2, -0.15) is 5.10 Å². The maximum Gasteiger partial charge on any atom is 0.280 e. The molecule has 2 aromatic carbocycles. The summed E-state index contributed by atoms with van der Waals surface area (Å²) in [5.74, 6) is 1.07. The third-order valence-corrected chi connectivity index (χ3v) is 17.5. The van der Waals surface area contributed by atoms with Crippen LogP contribution in [0.2, 0.25) is 58.9 Å². The van der Waals surface area contributed by atoms with E-state index in [1.807, 2.05) is 42.7 Å². The summed E-state index contributed by atoms with van der Waals surface area (Å²) in [5.41, 5.74) is 2.87. The van der Waals surface area contributed by atoms with Crippen molar-refractivity contribution in [2.24, 2.45) is 0 Å². The Morgan fingerprint density at radius 1 is 0.804 bits per heavy atom. The van der Waals surface area contributed by atoms with Gasteiger partial charge in [-0.3, -0.25) is 14.2 Å². The van der Waals surface area contributed by atoms with E-state index in [9.17, 15) is 9.59 Å². The summed E-state index contributed by atoms with van der Waals surface area (Å²) < 4.78 is 33.6. The molecule has 0 amide bonds. The first-order chi connectivity index (χ1) is 23.8. The molecule has 2 aromatic heterocycles. The minimum Gasteiger partial charge on any atom is -0.493 e. The molecule has 0 spiro atoms. The van der Waals surface area contributed by atoms with Gasteiger partial charge in [0.15, 0.2) is 24.6 Å². The lowest BCUT2D eigenvalue weighted by Crippen LogP contribution is -2.39. The number of aldehydes is 1. The van der Waals surface area contributed by atoms with Crippen LogP contribution in [0.3, 0.4) is 0 Å². The van der Waals surface area contributed by atoms with E-state index >= 15 is 0 Å². The maximum absolute atomic E-state index is 14.3. The average molecular weight is 753 g/mol. The Labute approximate surface area is 305 Å². The van der Waals surface area contributed by atoms with Crippen LogP contribution in [0, 0.1) is 0 Å². The van der Waals surface area contributed by atoms with E-state index in [0.717, 1.165) is 17.3 Å². The first-order valence-corrected chi connectivity index (χ1v) is 28.2. The van der Waals surface area contributed by atoms with E-state index in [0.29, 0.717) is 28.4 Å². The molecule has 11 nitrogen and oxygen atoms in total. The van der Waals surface area contributed by atoms with Crippen molar-refractivity contribution in [1.82, 2.24) is 19.3 Å². The van der Waals surface area contributed by atoms with Gasteiger partial charge in [0.1, 0.15) is 19.3 Å². The van der Waals surface area contributed by atoms with Crippen molar-refractivity contribution in [3.8, 4) is 34.1 Å². The monoisotopic (exact) mass is 752 g/mol. The number of imidazole rings is 1. The van der Waals surface area contributed by atoms with Crippen LogP contribution < -0.4 is 15.0 Å². The van der Waals surface area contributed by atoms with Gasteiger partial charge >= 0.3 is 0 Å². The Morgan fingerprint density at radius 3 is 1.98 bits per heavy atom. The Bertz CT molecular complexity index is 1890. The molecule has 0 saturated heterocycles. The summed E-state index contributed by atoms with van der Waals surface area (Å²) in [6.45, 7) is 26.4. The van der Waals surface area contributed by atoms with E-state index in [4.69, 9.17) is 33.8 Å². The highest BCUT2D eigenvalue weighted by Crippen LogP contribution is 2.36. The van der Waals surface area contributed by atoms with Crippen molar-refractivity contribution in [3.05, 3.63) is 58.4 Å². The molecule has 0 radical (unpaired) electrons. The molecular weight excluding hydrogens is 697 g/mol. The first-order valence-electron chi connectivity index (χ1n) is 17.5. The van der Waals surface area contributed by atoms with E-state index in [2.05, 4.69) is 65.8 Å². The fourth-order valence-corrected chi connectivity index (χ4v) is 6.54. The van der Waals surface area contributed by atoms with Gasteiger partial charge in [-0.15, -0.1) is 0 Å². The predicted molar refractivity (Wildman–Crippen MR) is 212 cm³/mol. The molecule has 0 aliphatic rings. The van der Waals surface area contributed by atoms with Crippen LogP contribution in [0.25, 0.3) is 33.7 Å². The molecule has 3 atom stereocenters. The number of hydrogen-bond acceptors (Lipinski definition) is 9. The second-order valence-electron chi connectivity index (χ2n) is 16.4. The molecule has 14 heteroatoms. The molecule has 2 heterocycles. The van der Waals surface area contributed by atoms with Gasteiger partial charge in [0.25, 0.3) is 5.56 Å². The molecule has 0 N–H and O–H groups in total. The summed E-state index contributed by atoms with van der Waals surface area (Å²) >= 11 is 0. The van der Waals surface area contributed by atoms with Gasteiger partial charge in [0.2, 0.25) is 0 Å². The summed E-state index contributed by atoms with van der Waals surface area (Å²) in [7, 11) is -3.35. The molecular formula is C37H56N4O7Si3. The van der Waals surface area contributed by atoms with Gasteiger partial charge in [-0.25, -0.2) is 9.67 Å². The summed E-state index contributed by atoms with van der Waals surface area (Å²) in [4.78, 5) is 31.7. The molecule has 278 valence electrons. The molecule has 51 heavy (non-hydrogen) atoms. The molecule has 0 aliphatic carbocycles. The second kappa shape index (κ2) is 16.1. The van der Waals surface area contributed by atoms with Crippen LogP contribution in [0.15, 0.2) is 47.3 Å². The number of carbonyl (C=O) groups is 1. The van der Waals surface area contributed by atoms with Crippen LogP contribution >= 0.6 is 0 Å². The van der Waals surface area contributed by atoms with Crippen LogP contribution in [0.1, 0.15) is 31.1 Å². The van der Waals surface area contributed by atoms with Crippen LogP contribution in [-0.4, -0.2) is 80.9 Å². The van der Waals surface area contributed by atoms with E-state index in [1.165, 1.54) is 11.8 Å². The van der Waals surface area contributed by atoms with Gasteiger partial charge in [0.05, 0.1) is 59.2 Å². The third-order valence-electron chi connectivity index (χ3n) is 9.68. The van der Waals surface area contributed by atoms with Gasteiger partial charge in [0, 0.05) is 22.7 Å². The normalized spacial score (nSPS) is 14.4. The zero-order valence-electron chi connectivity index (χ0n) is 32.6. The van der Waals surface area contributed by atoms with Crippen LogP contribution in [0.5, 0.6) is 11.5 Å². The molecule has 3 unspecified atom stereocenters. The number of para-hydroxylation sites is 2. The molecule has 0 bridgehead atoms. The Balaban J connectivity index is 1.88. The first kappa shape index (κ1) is 40.4.